The number of aromatic nitrogens is 1. The third-order valence-corrected chi connectivity index (χ3v) is 5.98. The molecule has 0 saturated carbocycles. The molecule has 0 radical (unpaired) electrons. The second-order valence-electron chi connectivity index (χ2n) is 3.69. The summed E-state index contributed by atoms with van der Waals surface area (Å²) in [6, 6.07) is 4.99. The monoisotopic (exact) mass is 362 g/mol. The van der Waals surface area contributed by atoms with Crippen molar-refractivity contribution in [2.24, 2.45) is 0 Å². The number of hydrogen-bond donors (Lipinski definition) is 2. The summed E-state index contributed by atoms with van der Waals surface area (Å²) in [5, 5.41) is 9.02. The van der Waals surface area contributed by atoms with Gasteiger partial charge in [-0.15, -0.1) is 11.3 Å². The van der Waals surface area contributed by atoms with E-state index in [2.05, 4.69) is 25.6 Å². The number of nitrogens with one attached hydrogen (secondary N) is 1. The molecular weight excluding hydrogens is 352 g/mol. The smallest absolute Gasteiger partial charge is 0.242 e. The Morgan fingerprint density at radius 1 is 1.47 bits per heavy atom. The lowest BCUT2D eigenvalue weighted by Crippen LogP contribution is -2.23. The summed E-state index contributed by atoms with van der Waals surface area (Å²) in [6.45, 7) is -0.00564. The van der Waals surface area contributed by atoms with E-state index in [0.717, 1.165) is 5.56 Å². The Bertz CT molecular complexity index is 656. The summed E-state index contributed by atoms with van der Waals surface area (Å²) in [5.41, 5.74) is 0.778. The Balaban J connectivity index is 2.16. The van der Waals surface area contributed by atoms with E-state index in [-0.39, 0.29) is 18.0 Å². The molecule has 2 rings (SSSR count). The number of aliphatic hydroxyl groups is 1. The third-order valence-electron chi connectivity index (χ3n) is 2.34. The number of sulfonamides is 1. The zero-order chi connectivity index (χ0) is 13.9. The molecule has 2 aromatic heterocycles. The third kappa shape index (κ3) is 3.61. The molecule has 2 N–H and O–H groups in total. The summed E-state index contributed by atoms with van der Waals surface area (Å²) in [7, 11) is -3.60. The van der Waals surface area contributed by atoms with Crippen molar-refractivity contribution >= 4 is 37.3 Å². The maximum Gasteiger partial charge on any atom is 0.242 e. The molecule has 19 heavy (non-hydrogen) atoms. The van der Waals surface area contributed by atoms with Gasteiger partial charge < -0.3 is 5.11 Å². The summed E-state index contributed by atoms with van der Waals surface area (Å²) in [6.07, 6.45) is 3.23. The number of halogens is 1. The number of pyridine rings is 1. The van der Waals surface area contributed by atoms with Crippen LogP contribution in [0.5, 0.6) is 0 Å². The van der Waals surface area contributed by atoms with E-state index in [1.807, 2.05) is 0 Å². The van der Waals surface area contributed by atoms with Crippen LogP contribution >= 0.6 is 27.3 Å². The van der Waals surface area contributed by atoms with Gasteiger partial charge >= 0.3 is 0 Å². The molecule has 0 aliphatic rings. The van der Waals surface area contributed by atoms with Gasteiger partial charge in [0.05, 0.1) is 10.4 Å². The van der Waals surface area contributed by atoms with Crippen LogP contribution in [0, 0.1) is 0 Å². The summed E-state index contributed by atoms with van der Waals surface area (Å²) < 4.78 is 27.2. The minimum absolute atomic E-state index is 0.144. The van der Waals surface area contributed by atoms with Gasteiger partial charge in [0, 0.05) is 23.8 Å². The van der Waals surface area contributed by atoms with Crippen LogP contribution in [0.15, 0.2) is 39.3 Å². The highest BCUT2D eigenvalue weighted by molar-refractivity contribution is 9.11. The zero-order valence-electron chi connectivity index (χ0n) is 9.71. The van der Waals surface area contributed by atoms with E-state index in [1.165, 1.54) is 17.4 Å². The van der Waals surface area contributed by atoms with Crippen molar-refractivity contribution in [1.82, 2.24) is 9.71 Å². The Morgan fingerprint density at radius 3 is 2.84 bits per heavy atom. The quantitative estimate of drug-likeness (QED) is 0.850. The van der Waals surface area contributed by atoms with Crippen molar-refractivity contribution in [2.45, 2.75) is 18.0 Å². The van der Waals surface area contributed by atoms with Crippen LogP contribution in [-0.2, 0) is 23.2 Å². The molecule has 0 amide bonds. The first-order chi connectivity index (χ1) is 9.03. The zero-order valence-corrected chi connectivity index (χ0v) is 12.9. The maximum atomic E-state index is 12.1. The van der Waals surface area contributed by atoms with E-state index < -0.39 is 10.0 Å². The average molecular weight is 363 g/mol. The van der Waals surface area contributed by atoms with Crippen LogP contribution in [-0.4, -0.2) is 18.5 Å². The van der Waals surface area contributed by atoms with Gasteiger partial charge in [-0.25, -0.2) is 13.1 Å². The van der Waals surface area contributed by atoms with E-state index in [0.29, 0.717) is 8.66 Å². The van der Waals surface area contributed by atoms with Gasteiger partial charge in [-0.2, -0.15) is 0 Å². The Labute approximate surface area is 123 Å². The van der Waals surface area contributed by atoms with E-state index >= 15 is 0 Å². The lowest BCUT2D eigenvalue weighted by molar-refractivity contribution is 0.285. The summed E-state index contributed by atoms with van der Waals surface area (Å²) in [4.78, 5) is 4.65. The molecule has 5 nitrogen and oxygen atoms in total. The molecule has 2 heterocycles. The summed E-state index contributed by atoms with van der Waals surface area (Å²) in [5.74, 6) is 0. The standard InChI is InChI=1S/C11H11BrN2O3S2/c12-11-10(4-9(7-15)18-11)19(16,17)14-6-8-2-1-3-13-5-8/h1-5,14-15H,6-7H2. The van der Waals surface area contributed by atoms with Gasteiger partial charge in [0.25, 0.3) is 0 Å². The van der Waals surface area contributed by atoms with Crippen molar-refractivity contribution in [3.05, 3.63) is 44.8 Å². The first-order valence-corrected chi connectivity index (χ1v) is 8.40. The Kier molecular flexibility index (Phi) is 4.69. The lowest BCUT2D eigenvalue weighted by atomic mass is 10.3. The molecule has 0 unspecified atom stereocenters. The van der Waals surface area contributed by atoms with Crippen LogP contribution in [0.3, 0.4) is 0 Å². The normalized spacial score (nSPS) is 11.7. The van der Waals surface area contributed by atoms with E-state index in [1.54, 1.807) is 24.5 Å². The van der Waals surface area contributed by atoms with Crippen molar-refractivity contribution < 1.29 is 13.5 Å². The first kappa shape index (κ1) is 14.6. The summed E-state index contributed by atoms with van der Waals surface area (Å²) >= 11 is 4.39. The molecule has 2 aromatic rings. The minimum atomic E-state index is -3.60. The maximum absolute atomic E-state index is 12.1. The fourth-order valence-corrected chi connectivity index (χ4v) is 4.98. The Hall–Kier alpha value is -0.800. The number of aliphatic hydroxyl groups excluding tert-OH is 1. The number of nitrogens with zero attached hydrogens (tertiary/aromatic N) is 1. The molecular formula is C11H11BrN2O3S2. The van der Waals surface area contributed by atoms with Gasteiger partial charge in [0.1, 0.15) is 4.90 Å². The molecule has 0 atom stereocenters. The highest BCUT2D eigenvalue weighted by Gasteiger charge is 2.20. The molecule has 0 fully saturated rings. The predicted octanol–water partition coefficient (Wildman–Crippen LogP) is 1.88. The minimum Gasteiger partial charge on any atom is -0.391 e. The average Bonchev–Trinajstić information content (AvgIpc) is 2.80. The van der Waals surface area contributed by atoms with E-state index in [4.69, 9.17) is 5.11 Å². The number of thiophene rings is 1. The number of hydrogen-bond acceptors (Lipinski definition) is 5. The van der Waals surface area contributed by atoms with Gasteiger partial charge in [0.2, 0.25) is 10.0 Å². The van der Waals surface area contributed by atoms with Gasteiger partial charge in [0.15, 0.2) is 0 Å². The molecule has 102 valence electrons. The molecule has 0 bridgehead atoms. The fourth-order valence-electron chi connectivity index (χ4n) is 1.42. The highest BCUT2D eigenvalue weighted by atomic mass is 79.9. The van der Waals surface area contributed by atoms with Crippen LogP contribution in [0.1, 0.15) is 10.4 Å². The molecule has 0 aliphatic heterocycles. The van der Waals surface area contributed by atoms with Crippen LogP contribution in [0.4, 0.5) is 0 Å². The van der Waals surface area contributed by atoms with Crippen LogP contribution < -0.4 is 4.72 Å². The van der Waals surface area contributed by atoms with Crippen LogP contribution in [0.2, 0.25) is 0 Å². The number of rotatable bonds is 5. The molecule has 0 spiro atoms. The molecule has 0 aromatic carbocycles. The second kappa shape index (κ2) is 6.10. The Morgan fingerprint density at radius 2 is 2.26 bits per heavy atom. The van der Waals surface area contributed by atoms with Crippen LogP contribution in [0.25, 0.3) is 0 Å². The van der Waals surface area contributed by atoms with Gasteiger partial charge in [-0.1, -0.05) is 6.07 Å². The SMILES string of the molecule is O=S(=O)(NCc1cccnc1)c1cc(CO)sc1Br. The van der Waals surface area contributed by atoms with Gasteiger partial charge in [-0.3, -0.25) is 4.98 Å². The second-order valence-corrected chi connectivity index (χ2v) is 7.88. The van der Waals surface area contributed by atoms with Crippen molar-refractivity contribution in [1.29, 1.82) is 0 Å². The fraction of sp³-hybridized carbons (Fsp3) is 0.182. The van der Waals surface area contributed by atoms with Crippen molar-refractivity contribution in [3.63, 3.8) is 0 Å². The lowest BCUT2D eigenvalue weighted by Gasteiger charge is -2.05. The highest BCUT2D eigenvalue weighted by Crippen LogP contribution is 2.31. The van der Waals surface area contributed by atoms with E-state index in [9.17, 15) is 8.42 Å². The van der Waals surface area contributed by atoms with Crippen molar-refractivity contribution in [3.8, 4) is 0 Å². The molecule has 0 aliphatic carbocycles. The predicted molar refractivity (Wildman–Crippen MR) is 76.2 cm³/mol. The van der Waals surface area contributed by atoms with Crippen molar-refractivity contribution in [2.75, 3.05) is 0 Å². The topological polar surface area (TPSA) is 79.3 Å². The van der Waals surface area contributed by atoms with Gasteiger partial charge in [-0.05, 0) is 33.6 Å². The molecule has 0 saturated heterocycles. The largest absolute Gasteiger partial charge is 0.391 e. The first-order valence-electron chi connectivity index (χ1n) is 5.30. The molecule has 8 heteroatoms.